The van der Waals surface area contributed by atoms with E-state index in [-0.39, 0.29) is 16.3 Å². The van der Waals surface area contributed by atoms with Crippen LogP contribution < -0.4 is 0 Å². The third-order valence-corrected chi connectivity index (χ3v) is 1.69. The lowest BCUT2D eigenvalue weighted by Crippen LogP contribution is -1.96. The van der Waals surface area contributed by atoms with Gasteiger partial charge in [0.25, 0.3) is 0 Å². The highest BCUT2D eigenvalue weighted by molar-refractivity contribution is 6.69. The number of rotatable bonds is 1. The number of halogens is 2. The van der Waals surface area contributed by atoms with Crippen LogP contribution in [0, 0.1) is 17.1 Å². The maximum absolute atomic E-state index is 13.0. The van der Waals surface area contributed by atoms with Gasteiger partial charge in [0.15, 0.2) is 5.17 Å². The van der Waals surface area contributed by atoms with E-state index in [1.54, 1.807) is 6.07 Å². The zero-order valence-corrected chi connectivity index (χ0v) is 7.09. The molecule has 0 aliphatic carbocycles. The van der Waals surface area contributed by atoms with Crippen LogP contribution in [-0.2, 0) is 0 Å². The van der Waals surface area contributed by atoms with Gasteiger partial charge in [0.1, 0.15) is 5.82 Å². The van der Waals surface area contributed by atoms with Crippen LogP contribution in [0.2, 0.25) is 0 Å². The van der Waals surface area contributed by atoms with Crippen LogP contribution in [0.25, 0.3) is 0 Å². The molecule has 66 valence electrons. The molecule has 1 aromatic carbocycles. The summed E-state index contributed by atoms with van der Waals surface area (Å²) in [6.07, 6.45) is 0. The number of hydrogen-bond acceptors (Lipinski definition) is 3. The zero-order chi connectivity index (χ0) is 9.84. The smallest absolute Gasteiger partial charge is 0.178 e. The van der Waals surface area contributed by atoms with Crippen molar-refractivity contribution in [1.29, 1.82) is 5.26 Å². The van der Waals surface area contributed by atoms with Gasteiger partial charge in [-0.05, 0) is 18.2 Å². The Labute approximate surface area is 78.7 Å². The minimum atomic E-state index is -0.693. The lowest BCUT2D eigenvalue weighted by atomic mass is 10.1. The summed E-state index contributed by atoms with van der Waals surface area (Å²) in [5.41, 5.74) is 0.145. The predicted octanol–water partition coefficient (Wildman–Crippen LogP) is 2.07. The van der Waals surface area contributed by atoms with Gasteiger partial charge in [0.2, 0.25) is 0 Å². The lowest BCUT2D eigenvalue weighted by Gasteiger charge is -1.98. The van der Waals surface area contributed by atoms with Crippen molar-refractivity contribution in [3.8, 4) is 6.07 Å². The second-order valence-electron chi connectivity index (χ2n) is 2.20. The van der Waals surface area contributed by atoms with Crippen molar-refractivity contribution >= 4 is 16.8 Å². The minimum absolute atomic E-state index is 0.0387. The minimum Gasteiger partial charge on any atom is -0.410 e. The Morgan fingerprint density at radius 1 is 1.62 bits per heavy atom. The van der Waals surface area contributed by atoms with Gasteiger partial charge in [-0.15, -0.1) is 0 Å². The molecule has 0 bridgehead atoms. The summed E-state index contributed by atoms with van der Waals surface area (Å²) in [6.45, 7) is 0. The Morgan fingerprint density at radius 2 is 2.31 bits per heavy atom. The van der Waals surface area contributed by atoms with Gasteiger partial charge in [-0.25, -0.2) is 4.39 Å². The fourth-order valence-electron chi connectivity index (χ4n) is 0.806. The molecule has 0 amide bonds. The second-order valence-corrected chi connectivity index (χ2v) is 2.56. The van der Waals surface area contributed by atoms with Crippen molar-refractivity contribution in [2.75, 3.05) is 0 Å². The summed E-state index contributed by atoms with van der Waals surface area (Å²) in [7, 11) is 0. The number of nitrogens with zero attached hydrogens (tertiary/aromatic N) is 2. The second kappa shape index (κ2) is 3.87. The molecule has 5 heteroatoms. The van der Waals surface area contributed by atoms with Crippen molar-refractivity contribution in [3.05, 3.63) is 35.1 Å². The van der Waals surface area contributed by atoms with Crippen molar-refractivity contribution in [2.45, 2.75) is 0 Å². The van der Waals surface area contributed by atoms with Gasteiger partial charge < -0.3 is 5.21 Å². The molecule has 0 saturated carbocycles. The van der Waals surface area contributed by atoms with Crippen LogP contribution in [0.4, 0.5) is 4.39 Å². The summed E-state index contributed by atoms with van der Waals surface area (Å²) >= 11 is 5.37. The maximum atomic E-state index is 13.0. The van der Waals surface area contributed by atoms with Crippen molar-refractivity contribution in [2.24, 2.45) is 5.16 Å². The molecule has 0 saturated heterocycles. The number of nitriles is 1. The molecule has 1 N–H and O–H groups in total. The van der Waals surface area contributed by atoms with Gasteiger partial charge in [-0.2, -0.15) is 5.26 Å². The summed E-state index contributed by atoms with van der Waals surface area (Å²) in [6, 6.07) is 5.44. The van der Waals surface area contributed by atoms with Crippen LogP contribution >= 0.6 is 11.6 Å². The van der Waals surface area contributed by atoms with Gasteiger partial charge in [0, 0.05) is 0 Å². The molecule has 1 rings (SSSR count). The Hall–Kier alpha value is -1.60. The first-order valence-corrected chi connectivity index (χ1v) is 3.64. The first-order chi connectivity index (χ1) is 6.19. The van der Waals surface area contributed by atoms with E-state index in [1.165, 1.54) is 12.1 Å². The first kappa shape index (κ1) is 9.49. The van der Waals surface area contributed by atoms with E-state index >= 15 is 0 Å². The normalized spacial score (nSPS) is 11.0. The Bertz CT molecular complexity index is 398. The van der Waals surface area contributed by atoms with E-state index < -0.39 is 5.82 Å². The predicted molar refractivity (Wildman–Crippen MR) is 45.3 cm³/mol. The molecule has 0 fully saturated rings. The van der Waals surface area contributed by atoms with E-state index in [1.807, 2.05) is 0 Å². The average molecular weight is 199 g/mol. The number of benzene rings is 1. The van der Waals surface area contributed by atoms with Crippen LogP contribution in [0.5, 0.6) is 0 Å². The molecule has 1 aromatic rings. The molecular formula is C8H4ClFN2O. The van der Waals surface area contributed by atoms with Crippen molar-refractivity contribution in [1.82, 2.24) is 0 Å². The van der Waals surface area contributed by atoms with Gasteiger partial charge in [-0.3, -0.25) is 0 Å². The molecule has 0 unspecified atom stereocenters. The monoisotopic (exact) mass is 198 g/mol. The van der Waals surface area contributed by atoms with E-state index in [2.05, 4.69) is 5.16 Å². The molecule has 0 radical (unpaired) electrons. The number of hydrogen-bond donors (Lipinski definition) is 1. The van der Waals surface area contributed by atoms with Crippen molar-refractivity contribution in [3.63, 3.8) is 0 Å². The third kappa shape index (κ3) is 1.95. The molecule has 0 aromatic heterocycles. The molecule has 0 spiro atoms. The Kier molecular flexibility index (Phi) is 2.83. The van der Waals surface area contributed by atoms with Crippen LogP contribution in [0.15, 0.2) is 23.4 Å². The Morgan fingerprint density at radius 3 is 2.77 bits per heavy atom. The molecule has 3 nitrogen and oxygen atoms in total. The lowest BCUT2D eigenvalue weighted by molar-refractivity contribution is 0.320. The molecule has 0 atom stereocenters. The Balaban J connectivity index is 3.22. The maximum Gasteiger partial charge on any atom is 0.178 e. The highest BCUT2D eigenvalue weighted by atomic mass is 35.5. The van der Waals surface area contributed by atoms with Crippen LogP contribution in [-0.4, -0.2) is 10.4 Å². The van der Waals surface area contributed by atoms with E-state index in [9.17, 15) is 4.39 Å². The largest absolute Gasteiger partial charge is 0.410 e. The topological polar surface area (TPSA) is 56.4 Å². The summed E-state index contributed by atoms with van der Waals surface area (Å²) in [5.74, 6) is -0.693. The SMILES string of the molecule is N#Cc1ccc(C(Cl)=NO)c(F)c1. The molecule has 13 heavy (non-hydrogen) atoms. The quantitative estimate of drug-likeness (QED) is 0.427. The molecule has 0 heterocycles. The highest BCUT2D eigenvalue weighted by Crippen LogP contribution is 2.12. The molecule has 0 aliphatic rings. The summed E-state index contributed by atoms with van der Waals surface area (Å²) in [4.78, 5) is 0. The molecule has 0 aliphatic heterocycles. The average Bonchev–Trinajstić information content (AvgIpc) is 2.16. The zero-order valence-electron chi connectivity index (χ0n) is 6.33. The van der Waals surface area contributed by atoms with Crippen LogP contribution in [0.3, 0.4) is 0 Å². The highest BCUT2D eigenvalue weighted by Gasteiger charge is 2.08. The van der Waals surface area contributed by atoms with Crippen LogP contribution in [0.1, 0.15) is 11.1 Å². The standard InChI is InChI=1S/C8H4ClFN2O/c9-8(12-13)6-2-1-5(4-11)3-7(6)10/h1-3,13H. The van der Waals surface area contributed by atoms with E-state index in [0.717, 1.165) is 6.07 Å². The summed E-state index contributed by atoms with van der Waals surface area (Å²) in [5, 5.41) is 19.0. The first-order valence-electron chi connectivity index (χ1n) is 3.26. The van der Waals surface area contributed by atoms with Crippen molar-refractivity contribution < 1.29 is 9.60 Å². The summed E-state index contributed by atoms with van der Waals surface area (Å²) < 4.78 is 13.0. The fourth-order valence-corrected chi connectivity index (χ4v) is 0.959. The number of oxime groups is 1. The molecular weight excluding hydrogens is 195 g/mol. The van der Waals surface area contributed by atoms with E-state index in [0.29, 0.717) is 0 Å². The third-order valence-electron chi connectivity index (χ3n) is 1.41. The van der Waals surface area contributed by atoms with E-state index in [4.69, 9.17) is 22.1 Å². The van der Waals surface area contributed by atoms with Gasteiger partial charge in [0.05, 0.1) is 17.2 Å². The fraction of sp³-hybridized carbons (Fsp3) is 0. The van der Waals surface area contributed by atoms with Gasteiger partial charge in [-0.1, -0.05) is 16.8 Å². The van der Waals surface area contributed by atoms with Gasteiger partial charge >= 0.3 is 0 Å².